The van der Waals surface area contributed by atoms with Crippen LogP contribution in [0.25, 0.3) is 11.0 Å². The number of nitrogens with zero attached hydrogens (tertiary/aromatic N) is 4. The largest absolute Gasteiger partial charge is 0.479 e. The Morgan fingerprint density at radius 2 is 2.22 bits per heavy atom. The molecule has 1 aliphatic heterocycles. The highest BCUT2D eigenvalue weighted by Crippen LogP contribution is 2.32. The van der Waals surface area contributed by atoms with Crippen LogP contribution in [0, 0.1) is 0 Å². The van der Waals surface area contributed by atoms with Gasteiger partial charge in [0, 0.05) is 26.3 Å². The number of benzene rings is 1. The van der Waals surface area contributed by atoms with Crippen LogP contribution in [0.3, 0.4) is 0 Å². The summed E-state index contributed by atoms with van der Waals surface area (Å²) in [6, 6.07) is 5.05. The fourth-order valence-corrected chi connectivity index (χ4v) is 3.17. The van der Waals surface area contributed by atoms with E-state index in [1.807, 2.05) is 0 Å². The number of aromatic nitrogens is 3. The molecule has 1 unspecified atom stereocenters. The minimum absolute atomic E-state index is 0.0242. The molecule has 1 N–H and O–H groups in total. The van der Waals surface area contributed by atoms with E-state index >= 15 is 0 Å². The topological polar surface area (TPSA) is 97.6 Å². The van der Waals surface area contributed by atoms with Gasteiger partial charge in [0.1, 0.15) is 5.52 Å². The zero-order valence-corrected chi connectivity index (χ0v) is 13.0. The van der Waals surface area contributed by atoms with Gasteiger partial charge in [0.25, 0.3) is 5.91 Å². The van der Waals surface area contributed by atoms with Crippen molar-refractivity contribution < 1.29 is 19.4 Å². The second-order valence-electron chi connectivity index (χ2n) is 5.75. The van der Waals surface area contributed by atoms with Crippen LogP contribution in [0.15, 0.2) is 18.2 Å². The second-order valence-corrected chi connectivity index (χ2v) is 5.75. The van der Waals surface area contributed by atoms with Crippen LogP contribution >= 0.6 is 0 Å². The molecule has 8 nitrogen and oxygen atoms in total. The molecule has 2 heterocycles. The van der Waals surface area contributed by atoms with Crippen molar-refractivity contribution in [2.75, 3.05) is 20.3 Å². The number of rotatable bonds is 4. The van der Waals surface area contributed by atoms with Crippen LogP contribution in [0.2, 0.25) is 0 Å². The van der Waals surface area contributed by atoms with Gasteiger partial charge in [-0.25, -0.2) is 9.48 Å². The molecular formula is C15H18N4O4. The highest BCUT2D eigenvalue weighted by molar-refractivity contribution is 6.00. The lowest BCUT2D eigenvalue weighted by molar-refractivity contribution is -0.151. The smallest absolute Gasteiger partial charge is 0.332 e. The maximum absolute atomic E-state index is 12.9. The van der Waals surface area contributed by atoms with Gasteiger partial charge >= 0.3 is 5.97 Å². The van der Waals surface area contributed by atoms with Gasteiger partial charge in [-0.15, -0.1) is 5.10 Å². The van der Waals surface area contributed by atoms with E-state index in [2.05, 4.69) is 10.3 Å². The Morgan fingerprint density at radius 3 is 2.91 bits per heavy atom. The molecule has 1 atom stereocenters. The molecule has 0 spiro atoms. The number of hydrogen-bond donors (Lipinski definition) is 1. The molecule has 1 saturated heterocycles. The summed E-state index contributed by atoms with van der Waals surface area (Å²) < 4.78 is 6.66. The molecule has 1 fully saturated rings. The lowest BCUT2D eigenvalue weighted by atomic mass is 9.96. The first kappa shape index (κ1) is 15.4. The van der Waals surface area contributed by atoms with Gasteiger partial charge in [-0.2, -0.15) is 0 Å². The van der Waals surface area contributed by atoms with Crippen molar-refractivity contribution in [3.05, 3.63) is 23.8 Å². The van der Waals surface area contributed by atoms with Crippen molar-refractivity contribution in [2.24, 2.45) is 7.05 Å². The first-order chi connectivity index (χ1) is 11.0. The van der Waals surface area contributed by atoms with E-state index in [-0.39, 0.29) is 12.5 Å². The van der Waals surface area contributed by atoms with Crippen molar-refractivity contribution in [2.45, 2.75) is 18.4 Å². The summed E-state index contributed by atoms with van der Waals surface area (Å²) in [5, 5.41) is 17.5. The third kappa shape index (κ3) is 2.35. The zero-order chi connectivity index (χ0) is 16.6. The van der Waals surface area contributed by atoms with Gasteiger partial charge in [-0.05, 0) is 31.0 Å². The molecule has 122 valence electrons. The van der Waals surface area contributed by atoms with Gasteiger partial charge in [-0.3, -0.25) is 4.79 Å². The number of amides is 1. The van der Waals surface area contributed by atoms with Gasteiger partial charge in [0.2, 0.25) is 0 Å². The number of likely N-dealkylation sites (tertiary alicyclic amines) is 1. The number of carbonyl (C=O) groups excluding carboxylic acids is 1. The summed E-state index contributed by atoms with van der Waals surface area (Å²) in [5.41, 5.74) is 0.534. The Kier molecular flexibility index (Phi) is 3.77. The fourth-order valence-electron chi connectivity index (χ4n) is 3.17. The standard InChI is InChI=1S/C15H18N4O4/c1-18-12-8-10(4-5-11(12)16-17-18)13(20)19-7-3-6-15(19,9-23-2)14(21)22/h4-5,8H,3,6-7,9H2,1-2H3,(H,21,22). The summed E-state index contributed by atoms with van der Waals surface area (Å²) in [5.74, 6) is -1.35. The zero-order valence-electron chi connectivity index (χ0n) is 13.0. The number of carbonyl (C=O) groups is 2. The van der Waals surface area contributed by atoms with Crippen molar-refractivity contribution in [3.8, 4) is 0 Å². The average Bonchev–Trinajstić information content (AvgIpc) is 3.12. The predicted octanol–water partition coefficient (Wildman–Crippen LogP) is 0.674. The fraction of sp³-hybridized carbons (Fsp3) is 0.467. The molecular weight excluding hydrogens is 300 g/mol. The third-order valence-electron chi connectivity index (χ3n) is 4.37. The molecule has 0 aliphatic carbocycles. The molecule has 1 aromatic carbocycles. The minimum atomic E-state index is -1.30. The normalized spacial score (nSPS) is 21.0. The van der Waals surface area contributed by atoms with Gasteiger partial charge in [0.05, 0.1) is 12.1 Å². The average molecular weight is 318 g/mol. The number of hydrogen-bond acceptors (Lipinski definition) is 5. The minimum Gasteiger partial charge on any atom is -0.479 e. The molecule has 2 aromatic rings. The first-order valence-electron chi connectivity index (χ1n) is 7.33. The molecule has 1 aliphatic rings. The lowest BCUT2D eigenvalue weighted by Gasteiger charge is -2.34. The molecule has 3 rings (SSSR count). The van der Waals surface area contributed by atoms with E-state index < -0.39 is 11.5 Å². The maximum Gasteiger partial charge on any atom is 0.332 e. The number of carboxylic acid groups (broad SMARTS) is 1. The summed E-state index contributed by atoms with van der Waals surface area (Å²) in [6.07, 6.45) is 1.02. The number of aliphatic carboxylic acids is 1. The lowest BCUT2D eigenvalue weighted by Crippen LogP contribution is -2.56. The Hall–Kier alpha value is -2.48. The van der Waals surface area contributed by atoms with E-state index in [0.29, 0.717) is 30.5 Å². The van der Waals surface area contributed by atoms with Crippen LogP contribution in [0.5, 0.6) is 0 Å². The quantitative estimate of drug-likeness (QED) is 0.890. The van der Waals surface area contributed by atoms with E-state index in [0.717, 1.165) is 5.52 Å². The summed E-state index contributed by atoms with van der Waals surface area (Å²) in [6.45, 7) is 0.375. The maximum atomic E-state index is 12.9. The monoisotopic (exact) mass is 318 g/mol. The van der Waals surface area contributed by atoms with Crippen molar-refractivity contribution in [1.29, 1.82) is 0 Å². The van der Waals surface area contributed by atoms with Crippen LogP contribution in [0.1, 0.15) is 23.2 Å². The van der Waals surface area contributed by atoms with Crippen molar-refractivity contribution in [3.63, 3.8) is 0 Å². The van der Waals surface area contributed by atoms with E-state index in [4.69, 9.17) is 4.74 Å². The van der Waals surface area contributed by atoms with Crippen molar-refractivity contribution in [1.82, 2.24) is 19.9 Å². The van der Waals surface area contributed by atoms with Gasteiger partial charge < -0.3 is 14.7 Å². The van der Waals surface area contributed by atoms with Crippen LogP contribution < -0.4 is 0 Å². The Labute approximate surface area is 132 Å². The Morgan fingerprint density at radius 1 is 1.43 bits per heavy atom. The van der Waals surface area contributed by atoms with E-state index in [1.165, 1.54) is 12.0 Å². The highest BCUT2D eigenvalue weighted by atomic mass is 16.5. The number of fused-ring (bicyclic) bond motifs is 1. The number of carboxylic acids is 1. The van der Waals surface area contributed by atoms with E-state index in [1.54, 1.807) is 29.9 Å². The summed E-state index contributed by atoms with van der Waals surface area (Å²) in [7, 11) is 3.19. The van der Waals surface area contributed by atoms with Crippen LogP contribution in [-0.4, -0.2) is 62.7 Å². The third-order valence-corrected chi connectivity index (χ3v) is 4.37. The van der Waals surface area contributed by atoms with Gasteiger partial charge in [0.15, 0.2) is 5.54 Å². The second kappa shape index (κ2) is 5.62. The molecule has 0 radical (unpaired) electrons. The van der Waals surface area contributed by atoms with Gasteiger partial charge in [-0.1, -0.05) is 5.21 Å². The Balaban J connectivity index is 1.99. The SMILES string of the molecule is COCC1(C(=O)O)CCCN1C(=O)c1ccc2nnn(C)c2c1. The van der Waals surface area contributed by atoms with Crippen molar-refractivity contribution >= 4 is 22.9 Å². The molecule has 1 amide bonds. The summed E-state index contributed by atoms with van der Waals surface area (Å²) >= 11 is 0. The molecule has 0 saturated carbocycles. The highest BCUT2D eigenvalue weighted by Gasteiger charge is 2.50. The molecule has 1 aromatic heterocycles. The first-order valence-corrected chi connectivity index (χ1v) is 7.33. The number of ether oxygens (including phenoxy) is 1. The predicted molar refractivity (Wildman–Crippen MR) is 81.0 cm³/mol. The number of methoxy groups -OCH3 is 1. The Bertz CT molecular complexity index is 772. The van der Waals surface area contributed by atoms with Crippen LogP contribution in [0.4, 0.5) is 0 Å². The molecule has 0 bridgehead atoms. The number of aryl methyl sites for hydroxylation is 1. The summed E-state index contributed by atoms with van der Waals surface area (Å²) in [4.78, 5) is 26.1. The van der Waals surface area contributed by atoms with Crippen LogP contribution in [-0.2, 0) is 16.6 Å². The van der Waals surface area contributed by atoms with E-state index in [9.17, 15) is 14.7 Å². The molecule has 8 heteroatoms. The molecule has 23 heavy (non-hydrogen) atoms.